The highest BCUT2D eigenvalue weighted by molar-refractivity contribution is 5.96. The number of hydrogen-bond acceptors (Lipinski definition) is 3. The molecule has 4 heteroatoms. The summed E-state index contributed by atoms with van der Waals surface area (Å²) in [5.74, 6) is -0.959. The van der Waals surface area contributed by atoms with Gasteiger partial charge in [-0.1, -0.05) is 12.1 Å². The quantitative estimate of drug-likeness (QED) is 0.429. The number of hydrogen-bond donors (Lipinski definition) is 0. The third-order valence-corrected chi connectivity index (χ3v) is 2.09. The lowest BCUT2D eigenvalue weighted by Crippen LogP contribution is -2.08. The van der Waals surface area contributed by atoms with E-state index < -0.39 is 5.97 Å². The highest BCUT2D eigenvalue weighted by atomic mass is 16.4. The van der Waals surface area contributed by atoms with Crippen molar-refractivity contribution in [3.8, 4) is 6.07 Å². The van der Waals surface area contributed by atoms with Crippen molar-refractivity contribution in [2.75, 3.05) is 19.0 Å². The lowest BCUT2D eigenvalue weighted by Gasteiger charge is -2.11. The molecule has 2 N–H and O–H groups in total. The maximum atomic E-state index is 10.7. The van der Waals surface area contributed by atoms with Crippen molar-refractivity contribution in [2.24, 2.45) is 0 Å². The average molecular weight is 217 g/mol. The smallest absolute Gasteiger partial charge is 0.559 e. The van der Waals surface area contributed by atoms with Crippen LogP contribution in [-0.4, -0.2) is 25.2 Å². The minimum absolute atomic E-state index is 0.155. The van der Waals surface area contributed by atoms with E-state index in [0.29, 0.717) is 0 Å². The Labute approximate surface area is 94.0 Å². The van der Waals surface area contributed by atoms with Crippen LogP contribution in [0.5, 0.6) is 0 Å². The fourth-order valence-electron chi connectivity index (χ4n) is 1.18. The molecule has 0 fully saturated rings. The van der Waals surface area contributed by atoms with Crippen LogP contribution in [0.15, 0.2) is 29.8 Å². The molecule has 0 heterocycles. The van der Waals surface area contributed by atoms with Crippen molar-refractivity contribution >= 4 is 17.7 Å². The van der Waals surface area contributed by atoms with E-state index in [1.165, 1.54) is 6.08 Å². The first-order valence-corrected chi connectivity index (χ1v) is 4.69. The predicted octanol–water partition coefficient (Wildman–Crippen LogP) is 0.911. The third-order valence-electron chi connectivity index (χ3n) is 2.09. The lowest BCUT2D eigenvalue weighted by molar-refractivity contribution is -0.132. The molecule has 0 aliphatic carbocycles. The van der Waals surface area contributed by atoms with Gasteiger partial charge in [0.15, 0.2) is 0 Å². The van der Waals surface area contributed by atoms with Crippen LogP contribution in [0.2, 0.25) is 0 Å². The second-order valence-electron chi connectivity index (χ2n) is 3.48. The summed E-state index contributed by atoms with van der Waals surface area (Å²) in [4.78, 5) is 12.7. The second kappa shape index (κ2) is 4.99. The summed E-state index contributed by atoms with van der Waals surface area (Å²) >= 11 is 0. The molecule has 0 aliphatic rings. The number of nitriles is 1. The zero-order chi connectivity index (χ0) is 12.1. The van der Waals surface area contributed by atoms with E-state index in [-0.39, 0.29) is 5.57 Å². The minimum atomic E-state index is -0.959. The number of nitrogens with zero attached hydrogens (tertiary/aromatic N) is 2. The van der Waals surface area contributed by atoms with Gasteiger partial charge < -0.3 is 10.0 Å². The Hall–Kier alpha value is -2.28. The van der Waals surface area contributed by atoms with Crippen molar-refractivity contribution in [3.05, 3.63) is 35.4 Å². The first-order chi connectivity index (χ1) is 7.54. The van der Waals surface area contributed by atoms with Gasteiger partial charge in [0.1, 0.15) is 6.07 Å². The van der Waals surface area contributed by atoms with Gasteiger partial charge in [0, 0.05) is 24.6 Å². The third kappa shape index (κ3) is 2.85. The lowest BCUT2D eigenvalue weighted by atomic mass is 10.1. The molecule has 0 atom stereocenters. The molecule has 1 aromatic carbocycles. The molecule has 16 heavy (non-hydrogen) atoms. The Balaban J connectivity index is 3.00. The highest BCUT2D eigenvalue weighted by Gasteiger charge is 2.14. The fourth-order valence-corrected chi connectivity index (χ4v) is 1.18. The molecule has 82 valence electrons. The van der Waals surface area contributed by atoms with Gasteiger partial charge in [-0.2, -0.15) is 5.26 Å². The molecule has 0 saturated carbocycles. The molecule has 0 spiro atoms. The van der Waals surface area contributed by atoms with Crippen molar-refractivity contribution in [3.63, 3.8) is 0 Å². The number of anilines is 1. The number of carbonyl (C=O) groups excluding carboxylic acids is 1. The van der Waals surface area contributed by atoms with E-state index in [9.17, 15) is 4.79 Å². The molecule has 0 unspecified atom stereocenters. The van der Waals surface area contributed by atoms with Gasteiger partial charge in [0.2, 0.25) is 5.57 Å². The standard InChI is InChI=1S/C12H12N2O2/c1-14(2)11-5-3-9(4-6-11)7-10(8-13)12(15)16/h3-7H,1-2H3,(H,15,16)/p+1/b10-7+. The average Bonchev–Trinajstić information content (AvgIpc) is 2.26. The van der Waals surface area contributed by atoms with Gasteiger partial charge in [0.25, 0.3) is 0 Å². The molecular weight excluding hydrogens is 204 g/mol. The van der Waals surface area contributed by atoms with E-state index >= 15 is 0 Å². The molecule has 0 amide bonds. The van der Waals surface area contributed by atoms with E-state index in [0.717, 1.165) is 11.3 Å². The summed E-state index contributed by atoms with van der Waals surface area (Å²) in [7, 11) is 3.86. The van der Waals surface area contributed by atoms with E-state index in [2.05, 4.69) is 0 Å². The van der Waals surface area contributed by atoms with E-state index in [4.69, 9.17) is 10.4 Å². The predicted molar refractivity (Wildman–Crippen MR) is 63.0 cm³/mol. The first-order valence-electron chi connectivity index (χ1n) is 4.69. The van der Waals surface area contributed by atoms with Gasteiger partial charge >= 0.3 is 5.97 Å². The summed E-state index contributed by atoms with van der Waals surface area (Å²) in [6, 6.07) is 9.07. The number of benzene rings is 1. The van der Waals surface area contributed by atoms with Crippen molar-refractivity contribution < 1.29 is 9.90 Å². The largest absolute Gasteiger partial charge is 0.560 e. The summed E-state index contributed by atoms with van der Waals surface area (Å²) in [5, 5.41) is 15.5. The Morgan fingerprint density at radius 2 is 1.94 bits per heavy atom. The Kier molecular flexibility index (Phi) is 3.67. The van der Waals surface area contributed by atoms with Gasteiger partial charge in [-0.25, -0.2) is 0 Å². The van der Waals surface area contributed by atoms with Crippen LogP contribution >= 0.6 is 0 Å². The monoisotopic (exact) mass is 217 g/mol. The molecule has 1 aromatic rings. The molecule has 0 aliphatic heterocycles. The Morgan fingerprint density at radius 3 is 2.31 bits per heavy atom. The van der Waals surface area contributed by atoms with Crippen molar-refractivity contribution in [1.29, 1.82) is 5.26 Å². The summed E-state index contributed by atoms with van der Waals surface area (Å²) in [6.07, 6.45) is 1.41. The fraction of sp³-hybridized carbons (Fsp3) is 0.167. The number of rotatable bonds is 3. The summed E-state index contributed by atoms with van der Waals surface area (Å²) in [5.41, 5.74) is 1.62. The van der Waals surface area contributed by atoms with Crippen LogP contribution in [0, 0.1) is 11.3 Å². The van der Waals surface area contributed by atoms with Crippen LogP contribution in [0.4, 0.5) is 5.69 Å². The van der Waals surface area contributed by atoms with Crippen LogP contribution < -0.4 is 4.90 Å². The van der Waals surface area contributed by atoms with Gasteiger partial charge in [-0.05, 0) is 23.8 Å². The molecule has 0 saturated heterocycles. The normalized spacial score (nSPS) is 10.7. The van der Waals surface area contributed by atoms with Crippen LogP contribution in [0.25, 0.3) is 6.08 Å². The van der Waals surface area contributed by atoms with Gasteiger partial charge in [-0.15, -0.1) is 0 Å². The molecular formula is C12H13N2O2+. The van der Waals surface area contributed by atoms with Crippen molar-refractivity contribution in [2.45, 2.75) is 0 Å². The maximum absolute atomic E-state index is 10.7. The topological polar surface area (TPSA) is 67.0 Å². The van der Waals surface area contributed by atoms with E-state index in [1.807, 2.05) is 31.1 Å². The Bertz CT molecular complexity index is 453. The van der Waals surface area contributed by atoms with Gasteiger partial charge in [-0.3, -0.25) is 0 Å². The van der Waals surface area contributed by atoms with Crippen LogP contribution in [-0.2, 0) is 4.79 Å². The summed E-state index contributed by atoms with van der Waals surface area (Å²) < 4.78 is 0. The molecule has 0 radical (unpaired) electrons. The van der Waals surface area contributed by atoms with E-state index in [1.54, 1.807) is 18.2 Å². The zero-order valence-electron chi connectivity index (χ0n) is 9.19. The number of carbonyl (C=O) groups is 1. The Morgan fingerprint density at radius 1 is 1.38 bits per heavy atom. The molecule has 0 bridgehead atoms. The SMILES string of the molecule is CN(C)c1ccc(/C=C(\C#N)C(=O)[OH2+])cc1. The van der Waals surface area contributed by atoms with Crippen molar-refractivity contribution in [1.82, 2.24) is 0 Å². The first kappa shape index (κ1) is 11.8. The summed E-state index contributed by atoms with van der Waals surface area (Å²) in [6.45, 7) is 0. The zero-order valence-corrected chi connectivity index (χ0v) is 9.19. The molecule has 4 nitrogen and oxygen atoms in total. The second-order valence-corrected chi connectivity index (χ2v) is 3.48. The maximum Gasteiger partial charge on any atom is 0.559 e. The molecule has 0 aromatic heterocycles. The van der Waals surface area contributed by atoms with Gasteiger partial charge in [0.05, 0.1) is 0 Å². The van der Waals surface area contributed by atoms with Crippen LogP contribution in [0.3, 0.4) is 0 Å². The molecule has 1 rings (SSSR count). The van der Waals surface area contributed by atoms with Crippen LogP contribution in [0.1, 0.15) is 5.56 Å². The minimum Gasteiger partial charge on any atom is -0.560 e. The highest BCUT2D eigenvalue weighted by Crippen LogP contribution is 2.14.